The first kappa shape index (κ1) is 17.0. The van der Waals surface area contributed by atoms with Crippen LogP contribution in [0.1, 0.15) is 10.4 Å². The number of methoxy groups -OCH3 is 1. The van der Waals surface area contributed by atoms with Crippen LogP contribution in [0, 0.1) is 3.57 Å². The normalized spacial score (nSPS) is 12.1. The molecule has 1 aromatic rings. The number of hydrogen-bond donors (Lipinski definition) is 1. The fourth-order valence-electron chi connectivity index (χ4n) is 1.17. The SMILES string of the molecule is COc1cc(C(=O)NCC(F)(F)S(=O)(=O)[O-])ccc1I. The predicted molar refractivity (Wildman–Crippen MR) is 72.7 cm³/mol. The molecule has 0 saturated heterocycles. The van der Waals surface area contributed by atoms with Crippen molar-refractivity contribution in [3.05, 3.63) is 27.3 Å². The lowest BCUT2D eigenvalue weighted by Gasteiger charge is -2.20. The van der Waals surface area contributed by atoms with Crippen LogP contribution in [0.4, 0.5) is 8.78 Å². The van der Waals surface area contributed by atoms with Crippen LogP contribution in [0.3, 0.4) is 0 Å². The topological polar surface area (TPSA) is 95.5 Å². The molecule has 0 atom stereocenters. The quantitative estimate of drug-likeness (QED) is 0.570. The number of carbonyl (C=O) groups is 1. The molecule has 0 aliphatic carbocycles. The molecule has 1 aromatic carbocycles. The number of alkyl halides is 2. The number of halogens is 3. The van der Waals surface area contributed by atoms with Crippen LogP contribution in [0.2, 0.25) is 0 Å². The Morgan fingerprint density at radius 2 is 2.10 bits per heavy atom. The number of ether oxygens (including phenoxy) is 1. The van der Waals surface area contributed by atoms with Crippen LogP contribution in [-0.2, 0) is 10.1 Å². The minimum Gasteiger partial charge on any atom is -0.743 e. The lowest BCUT2D eigenvalue weighted by Crippen LogP contribution is -2.42. The first-order valence-electron chi connectivity index (χ1n) is 5.03. The van der Waals surface area contributed by atoms with Crippen LogP contribution >= 0.6 is 22.6 Å². The molecule has 0 bridgehead atoms. The molecule has 0 aliphatic rings. The summed E-state index contributed by atoms with van der Waals surface area (Å²) in [5.74, 6) is -0.579. The molecule has 112 valence electrons. The molecular weight excluding hydrogens is 411 g/mol. The van der Waals surface area contributed by atoms with Gasteiger partial charge in [-0.2, -0.15) is 8.78 Å². The van der Waals surface area contributed by atoms with Crippen molar-refractivity contribution in [3.8, 4) is 5.75 Å². The second-order valence-corrected chi connectivity index (χ2v) is 6.29. The zero-order chi connectivity index (χ0) is 15.6. The molecule has 20 heavy (non-hydrogen) atoms. The first-order valence-corrected chi connectivity index (χ1v) is 7.52. The highest BCUT2D eigenvalue weighted by Gasteiger charge is 2.37. The third-order valence-corrected chi connectivity index (χ3v) is 4.00. The second-order valence-electron chi connectivity index (χ2n) is 3.62. The Labute approximate surface area is 127 Å². The van der Waals surface area contributed by atoms with Crippen molar-refractivity contribution in [2.45, 2.75) is 5.25 Å². The van der Waals surface area contributed by atoms with Gasteiger partial charge in [-0.25, -0.2) is 8.42 Å². The lowest BCUT2D eigenvalue weighted by atomic mass is 10.2. The van der Waals surface area contributed by atoms with Crippen molar-refractivity contribution < 1.29 is 31.3 Å². The molecule has 0 radical (unpaired) electrons. The molecule has 1 amide bonds. The summed E-state index contributed by atoms with van der Waals surface area (Å²) < 4.78 is 62.2. The third-order valence-electron chi connectivity index (χ3n) is 2.23. The average Bonchev–Trinajstić information content (AvgIpc) is 2.35. The van der Waals surface area contributed by atoms with Gasteiger partial charge in [-0.3, -0.25) is 4.79 Å². The van der Waals surface area contributed by atoms with Gasteiger partial charge in [-0.15, -0.1) is 0 Å². The molecule has 6 nitrogen and oxygen atoms in total. The standard InChI is InChI=1S/C10H10F2INO5S/c1-19-8-4-6(2-3-7(8)13)9(15)14-5-10(11,12)20(16,17)18/h2-4H,5H2,1H3,(H,14,15)(H,16,17,18)/p-1. The Kier molecular flexibility index (Phi) is 5.27. The van der Waals surface area contributed by atoms with E-state index in [2.05, 4.69) is 0 Å². The molecule has 0 saturated carbocycles. The summed E-state index contributed by atoms with van der Waals surface area (Å²) in [4.78, 5) is 11.6. The summed E-state index contributed by atoms with van der Waals surface area (Å²) in [5.41, 5.74) is 0.00126. The van der Waals surface area contributed by atoms with Gasteiger partial charge in [0.2, 0.25) is 0 Å². The lowest BCUT2D eigenvalue weighted by molar-refractivity contribution is 0.0692. The molecule has 0 spiro atoms. The van der Waals surface area contributed by atoms with E-state index < -0.39 is 27.8 Å². The Balaban J connectivity index is 2.83. The van der Waals surface area contributed by atoms with Crippen molar-refractivity contribution in [1.82, 2.24) is 5.32 Å². The monoisotopic (exact) mass is 420 g/mol. The molecule has 1 N–H and O–H groups in total. The highest BCUT2D eigenvalue weighted by atomic mass is 127. The Morgan fingerprint density at radius 1 is 1.50 bits per heavy atom. The Bertz CT molecular complexity index is 620. The van der Waals surface area contributed by atoms with Gasteiger partial charge >= 0.3 is 5.25 Å². The molecule has 0 aliphatic heterocycles. The minimum atomic E-state index is -5.82. The summed E-state index contributed by atoms with van der Waals surface area (Å²) in [5, 5.41) is -2.87. The van der Waals surface area contributed by atoms with E-state index in [9.17, 15) is 26.5 Å². The fraction of sp³-hybridized carbons (Fsp3) is 0.300. The van der Waals surface area contributed by atoms with E-state index in [1.807, 2.05) is 22.6 Å². The van der Waals surface area contributed by atoms with E-state index in [-0.39, 0.29) is 5.56 Å². The highest BCUT2D eigenvalue weighted by molar-refractivity contribution is 14.1. The zero-order valence-corrected chi connectivity index (χ0v) is 13.0. The van der Waals surface area contributed by atoms with E-state index in [0.29, 0.717) is 9.32 Å². The van der Waals surface area contributed by atoms with Crippen molar-refractivity contribution in [2.24, 2.45) is 0 Å². The van der Waals surface area contributed by atoms with Crippen LogP contribution in [0.15, 0.2) is 18.2 Å². The van der Waals surface area contributed by atoms with Gasteiger partial charge in [0.05, 0.1) is 17.2 Å². The van der Waals surface area contributed by atoms with Crippen LogP contribution in [-0.4, -0.2) is 37.8 Å². The van der Waals surface area contributed by atoms with E-state index in [1.165, 1.54) is 25.3 Å². The molecule has 0 unspecified atom stereocenters. The number of amides is 1. The molecule has 0 heterocycles. The number of hydrogen-bond acceptors (Lipinski definition) is 5. The second kappa shape index (κ2) is 6.18. The van der Waals surface area contributed by atoms with Gasteiger partial charge < -0.3 is 14.6 Å². The minimum absolute atomic E-state index is 0.00126. The van der Waals surface area contributed by atoms with Gasteiger partial charge in [0.1, 0.15) is 5.75 Å². The smallest absolute Gasteiger partial charge is 0.351 e. The fourth-order valence-corrected chi connectivity index (χ4v) is 1.98. The van der Waals surface area contributed by atoms with Crippen molar-refractivity contribution in [1.29, 1.82) is 0 Å². The Morgan fingerprint density at radius 3 is 2.60 bits per heavy atom. The van der Waals surface area contributed by atoms with E-state index in [1.54, 1.807) is 5.32 Å². The van der Waals surface area contributed by atoms with Gasteiger partial charge in [-0.05, 0) is 40.8 Å². The predicted octanol–water partition coefficient (Wildman–Crippen LogP) is 1.17. The third kappa shape index (κ3) is 3.99. The molecule has 0 aromatic heterocycles. The summed E-state index contributed by atoms with van der Waals surface area (Å²) in [7, 11) is -4.45. The van der Waals surface area contributed by atoms with E-state index in [4.69, 9.17) is 4.74 Å². The summed E-state index contributed by atoms with van der Waals surface area (Å²) in [6.07, 6.45) is 0. The number of benzene rings is 1. The molecule has 10 heteroatoms. The summed E-state index contributed by atoms with van der Waals surface area (Å²) in [6.45, 7) is -1.59. The van der Waals surface area contributed by atoms with Gasteiger partial charge in [0, 0.05) is 5.56 Å². The summed E-state index contributed by atoms with van der Waals surface area (Å²) in [6, 6.07) is 4.18. The first-order chi connectivity index (χ1) is 9.08. The van der Waals surface area contributed by atoms with Gasteiger partial charge in [-0.1, -0.05) is 0 Å². The number of carbonyl (C=O) groups excluding carboxylic acids is 1. The summed E-state index contributed by atoms with van der Waals surface area (Å²) >= 11 is 1.95. The number of rotatable bonds is 5. The number of nitrogens with one attached hydrogen (secondary N) is 1. The molecular formula is C10H9F2INO5S-. The largest absolute Gasteiger partial charge is 0.743 e. The van der Waals surface area contributed by atoms with Crippen LogP contribution < -0.4 is 10.1 Å². The maximum absolute atomic E-state index is 12.9. The van der Waals surface area contributed by atoms with Crippen LogP contribution in [0.5, 0.6) is 5.75 Å². The van der Waals surface area contributed by atoms with Crippen molar-refractivity contribution in [2.75, 3.05) is 13.7 Å². The highest BCUT2D eigenvalue weighted by Crippen LogP contribution is 2.22. The van der Waals surface area contributed by atoms with Crippen molar-refractivity contribution >= 4 is 38.6 Å². The average molecular weight is 420 g/mol. The Hall–Kier alpha value is -1.01. The van der Waals surface area contributed by atoms with Gasteiger partial charge in [0.15, 0.2) is 10.1 Å². The van der Waals surface area contributed by atoms with Crippen molar-refractivity contribution in [3.63, 3.8) is 0 Å². The maximum Gasteiger partial charge on any atom is 0.351 e. The maximum atomic E-state index is 12.9. The zero-order valence-electron chi connectivity index (χ0n) is 10.0. The van der Waals surface area contributed by atoms with Gasteiger partial charge in [0.25, 0.3) is 5.91 Å². The van der Waals surface area contributed by atoms with E-state index in [0.717, 1.165) is 0 Å². The van der Waals surface area contributed by atoms with Crippen LogP contribution in [0.25, 0.3) is 0 Å². The van der Waals surface area contributed by atoms with E-state index >= 15 is 0 Å². The molecule has 1 rings (SSSR count). The molecule has 0 fully saturated rings.